The lowest BCUT2D eigenvalue weighted by atomic mass is 10.9. The number of imidazole rings is 1. The van der Waals surface area contributed by atoms with Gasteiger partial charge in [0.2, 0.25) is 15.0 Å². The zero-order valence-electron chi connectivity index (χ0n) is 6.78. The maximum atomic E-state index is 11.3. The SMILES string of the molecule is CCS(=O)(=O)c1ncc(Br)n1C. The Morgan fingerprint density at radius 3 is 2.58 bits per heavy atom. The van der Waals surface area contributed by atoms with Crippen molar-refractivity contribution >= 4 is 25.8 Å². The van der Waals surface area contributed by atoms with Gasteiger partial charge in [0.25, 0.3) is 0 Å². The monoisotopic (exact) mass is 252 g/mol. The second-order valence-corrected chi connectivity index (χ2v) is 5.31. The van der Waals surface area contributed by atoms with Crippen molar-refractivity contribution in [1.82, 2.24) is 9.55 Å². The van der Waals surface area contributed by atoms with Gasteiger partial charge >= 0.3 is 0 Å². The molecule has 0 saturated carbocycles. The summed E-state index contributed by atoms with van der Waals surface area (Å²) in [7, 11) is -1.53. The average molecular weight is 253 g/mol. The van der Waals surface area contributed by atoms with Gasteiger partial charge in [-0.15, -0.1) is 0 Å². The van der Waals surface area contributed by atoms with Crippen LogP contribution >= 0.6 is 15.9 Å². The molecule has 0 aliphatic carbocycles. The van der Waals surface area contributed by atoms with E-state index in [0.29, 0.717) is 4.60 Å². The number of hydrogen-bond acceptors (Lipinski definition) is 3. The highest BCUT2D eigenvalue weighted by Gasteiger charge is 2.18. The van der Waals surface area contributed by atoms with Crippen molar-refractivity contribution in [2.24, 2.45) is 7.05 Å². The average Bonchev–Trinajstić information content (AvgIpc) is 2.33. The van der Waals surface area contributed by atoms with Crippen LogP contribution in [0.25, 0.3) is 0 Å². The van der Waals surface area contributed by atoms with Crippen molar-refractivity contribution in [3.8, 4) is 0 Å². The Morgan fingerprint density at radius 2 is 2.25 bits per heavy atom. The molecule has 0 spiro atoms. The standard InChI is InChI=1S/C6H9BrN2O2S/c1-3-12(10,11)6-8-4-5(7)9(6)2/h4H,3H2,1-2H3. The summed E-state index contributed by atoms with van der Waals surface area (Å²) in [6.07, 6.45) is 1.47. The van der Waals surface area contributed by atoms with Crippen LogP contribution in [-0.2, 0) is 16.9 Å². The van der Waals surface area contributed by atoms with E-state index >= 15 is 0 Å². The third-order valence-electron chi connectivity index (χ3n) is 1.55. The molecule has 1 heterocycles. The number of sulfone groups is 1. The summed E-state index contributed by atoms with van der Waals surface area (Å²) < 4.78 is 24.8. The van der Waals surface area contributed by atoms with Crippen LogP contribution in [0.5, 0.6) is 0 Å². The molecule has 0 fully saturated rings. The van der Waals surface area contributed by atoms with Crippen LogP contribution in [-0.4, -0.2) is 23.7 Å². The summed E-state index contributed by atoms with van der Waals surface area (Å²) >= 11 is 3.17. The predicted octanol–water partition coefficient (Wildman–Crippen LogP) is 0.976. The molecule has 0 amide bonds. The van der Waals surface area contributed by atoms with E-state index in [0.717, 1.165) is 0 Å². The van der Waals surface area contributed by atoms with Crippen molar-refractivity contribution in [1.29, 1.82) is 0 Å². The van der Waals surface area contributed by atoms with Crippen LogP contribution in [0, 0.1) is 0 Å². The number of halogens is 1. The fourth-order valence-corrected chi connectivity index (χ4v) is 2.17. The molecule has 1 aromatic rings. The molecule has 1 aromatic heterocycles. The minimum absolute atomic E-state index is 0.0737. The Hall–Kier alpha value is -0.360. The summed E-state index contributed by atoms with van der Waals surface area (Å²) in [5, 5.41) is 0.108. The van der Waals surface area contributed by atoms with Crippen LogP contribution < -0.4 is 0 Å². The van der Waals surface area contributed by atoms with Crippen molar-refractivity contribution in [3.05, 3.63) is 10.8 Å². The second-order valence-electron chi connectivity index (χ2n) is 2.33. The van der Waals surface area contributed by atoms with Crippen LogP contribution in [0.4, 0.5) is 0 Å². The topological polar surface area (TPSA) is 52.0 Å². The van der Waals surface area contributed by atoms with Crippen LogP contribution in [0.2, 0.25) is 0 Å². The lowest BCUT2D eigenvalue weighted by Gasteiger charge is -2.00. The van der Waals surface area contributed by atoms with E-state index in [4.69, 9.17) is 0 Å². The quantitative estimate of drug-likeness (QED) is 0.789. The molecule has 4 nitrogen and oxygen atoms in total. The normalized spacial score (nSPS) is 11.9. The molecule has 0 saturated heterocycles. The second kappa shape index (κ2) is 3.18. The summed E-state index contributed by atoms with van der Waals surface area (Å²) in [6, 6.07) is 0. The molecule has 12 heavy (non-hydrogen) atoms. The van der Waals surface area contributed by atoms with E-state index in [-0.39, 0.29) is 10.9 Å². The Kier molecular flexibility index (Phi) is 2.58. The van der Waals surface area contributed by atoms with E-state index in [9.17, 15) is 8.42 Å². The van der Waals surface area contributed by atoms with Gasteiger partial charge in [-0.2, -0.15) is 0 Å². The highest BCUT2D eigenvalue weighted by molar-refractivity contribution is 9.10. The lowest BCUT2D eigenvalue weighted by molar-refractivity contribution is 0.579. The van der Waals surface area contributed by atoms with Crippen molar-refractivity contribution in [2.45, 2.75) is 12.1 Å². The maximum absolute atomic E-state index is 11.3. The van der Waals surface area contributed by atoms with Gasteiger partial charge in [0.1, 0.15) is 4.60 Å². The van der Waals surface area contributed by atoms with E-state index in [1.807, 2.05) is 0 Å². The Labute approximate surface area is 79.7 Å². The molecule has 0 aliphatic heterocycles. The largest absolute Gasteiger partial charge is 0.313 e. The number of nitrogens with zero attached hydrogens (tertiary/aromatic N) is 2. The van der Waals surface area contributed by atoms with E-state index in [1.54, 1.807) is 14.0 Å². The highest BCUT2D eigenvalue weighted by Crippen LogP contribution is 2.15. The minimum atomic E-state index is -3.19. The first-order chi connectivity index (χ1) is 5.49. The predicted molar refractivity (Wildman–Crippen MR) is 48.6 cm³/mol. The third kappa shape index (κ3) is 1.54. The Balaban J connectivity index is 3.30. The lowest BCUT2D eigenvalue weighted by Crippen LogP contribution is -2.10. The van der Waals surface area contributed by atoms with Crippen LogP contribution in [0.15, 0.2) is 16.0 Å². The zero-order valence-corrected chi connectivity index (χ0v) is 9.18. The fourth-order valence-electron chi connectivity index (χ4n) is 0.791. The number of hydrogen-bond donors (Lipinski definition) is 0. The summed E-state index contributed by atoms with van der Waals surface area (Å²) in [5.74, 6) is 0.0737. The number of aromatic nitrogens is 2. The van der Waals surface area contributed by atoms with Crippen molar-refractivity contribution in [2.75, 3.05) is 5.75 Å². The van der Waals surface area contributed by atoms with E-state index in [1.165, 1.54) is 10.8 Å². The van der Waals surface area contributed by atoms with Crippen molar-refractivity contribution in [3.63, 3.8) is 0 Å². The van der Waals surface area contributed by atoms with Gasteiger partial charge < -0.3 is 4.57 Å². The van der Waals surface area contributed by atoms with E-state index < -0.39 is 9.84 Å². The van der Waals surface area contributed by atoms with Gasteiger partial charge in [-0.1, -0.05) is 6.92 Å². The first kappa shape index (κ1) is 9.73. The van der Waals surface area contributed by atoms with Gasteiger partial charge in [0, 0.05) is 7.05 Å². The molecule has 0 aliphatic rings. The first-order valence-electron chi connectivity index (χ1n) is 3.39. The molecule has 0 radical (unpaired) electrons. The summed E-state index contributed by atoms with van der Waals surface area (Å²) in [5.41, 5.74) is 0. The number of rotatable bonds is 2. The molecular formula is C6H9BrN2O2S. The van der Waals surface area contributed by atoms with Gasteiger partial charge in [-0.05, 0) is 15.9 Å². The van der Waals surface area contributed by atoms with Crippen LogP contribution in [0.1, 0.15) is 6.92 Å². The van der Waals surface area contributed by atoms with Crippen LogP contribution in [0.3, 0.4) is 0 Å². The van der Waals surface area contributed by atoms with Gasteiger partial charge in [0.15, 0.2) is 0 Å². The third-order valence-corrected chi connectivity index (χ3v) is 3.98. The maximum Gasteiger partial charge on any atom is 0.228 e. The van der Waals surface area contributed by atoms with Gasteiger partial charge in [0.05, 0.1) is 11.9 Å². The minimum Gasteiger partial charge on any atom is -0.313 e. The van der Waals surface area contributed by atoms with Gasteiger partial charge in [-0.3, -0.25) is 0 Å². The smallest absolute Gasteiger partial charge is 0.228 e. The molecule has 68 valence electrons. The summed E-state index contributed by atoms with van der Waals surface area (Å²) in [4.78, 5) is 3.79. The molecule has 0 bridgehead atoms. The molecule has 1 rings (SSSR count). The zero-order chi connectivity index (χ0) is 9.35. The van der Waals surface area contributed by atoms with Gasteiger partial charge in [-0.25, -0.2) is 13.4 Å². The first-order valence-corrected chi connectivity index (χ1v) is 5.83. The molecular weight excluding hydrogens is 244 g/mol. The highest BCUT2D eigenvalue weighted by atomic mass is 79.9. The van der Waals surface area contributed by atoms with Crippen molar-refractivity contribution < 1.29 is 8.42 Å². The molecule has 6 heteroatoms. The molecule has 0 aromatic carbocycles. The summed E-state index contributed by atoms with van der Waals surface area (Å²) in [6.45, 7) is 1.60. The fraction of sp³-hybridized carbons (Fsp3) is 0.500. The Bertz CT molecular complexity index is 382. The molecule has 0 atom stereocenters. The molecule has 0 N–H and O–H groups in total. The Morgan fingerprint density at radius 1 is 1.67 bits per heavy atom. The molecule has 0 unspecified atom stereocenters. The van der Waals surface area contributed by atoms with E-state index in [2.05, 4.69) is 20.9 Å².